The van der Waals surface area contributed by atoms with E-state index in [2.05, 4.69) is 41.2 Å². The van der Waals surface area contributed by atoms with E-state index in [-0.39, 0.29) is 5.56 Å². The van der Waals surface area contributed by atoms with Crippen LogP contribution in [0.4, 0.5) is 0 Å². The van der Waals surface area contributed by atoms with Crippen LogP contribution in [0.3, 0.4) is 0 Å². The Balaban J connectivity index is 1.79. The number of halogens is 1. The molecule has 0 aliphatic carbocycles. The molecular formula is C18H12BrN7O. The van der Waals surface area contributed by atoms with Gasteiger partial charge in [0.2, 0.25) is 5.95 Å². The van der Waals surface area contributed by atoms with E-state index >= 15 is 0 Å². The van der Waals surface area contributed by atoms with E-state index in [0.29, 0.717) is 22.5 Å². The molecule has 0 aliphatic heterocycles. The smallest absolute Gasteiger partial charge is 0.268 e. The van der Waals surface area contributed by atoms with Crippen LogP contribution < -0.4 is 5.56 Å². The lowest BCUT2D eigenvalue weighted by molar-refractivity contribution is 0.892. The lowest BCUT2D eigenvalue weighted by atomic mass is 10.1. The van der Waals surface area contributed by atoms with Crippen LogP contribution in [0.1, 0.15) is 5.69 Å². The minimum Gasteiger partial charge on any atom is -0.268 e. The Kier molecular flexibility index (Phi) is 3.44. The van der Waals surface area contributed by atoms with Crippen LogP contribution in [0, 0.1) is 6.92 Å². The molecule has 0 atom stereocenters. The second-order valence-corrected chi connectivity index (χ2v) is 6.98. The summed E-state index contributed by atoms with van der Waals surface area (Å²) in [5.41, 5.74) is 3.97. The zero-order valence-electron chi connectivity index (χ0n) is 14.1. The first kappa shape index (κ1) is 15.9. The first-order valence-corrected chi connectivity index (χ1v) is 8.94. The predicted octanol–water partition coefficient (Wildman–Crippen LogP) is 2.89. The highest BCUT2D eigenvalue weighted by Gasteiger charge is 2.17. The third kappa shape index (κ3) is 2.39. The van der Waals surface area contributed by atoms with Crippen molar-refractivity contribution in [2.75, 3.05) is 0 Å². The Labute approximate surface area is 160 Å². The van der Waals surface area contributed by atoms with Gasteiger partial charge in [-0.05, 0) is 30.7 Å². The summed E-state index contributed by atoms with van der Waals surface area (Å²) in [6.07, 6.45) is 4.60. The Morgan fingerprint density at radius 1 is 1.11 bits per heavy atom. The molecule has 132 valence electrons. The van der Waals surface area contributed by atoms with E-state index in [4.69, 9.17) is 0 Å². The second-order valence-electron chi connectivity index (χ2n) is 6.06. The minimum atomic E-state index is -0.239. The zero-order chi connectivity index (χ0) is 18.5. The van der Waals surface area contributed by atoms with Crippen molar-refractivity contribution in [2.45, 2.75) is 6.92 Å². The molecule has 5 aromatic rings. The molecule has 0 fully saturated rings. The number of nitrogens with zero attached hydrogens (tertiary/aromatic N) is 6. The highest BCUT2D eigenvalue weighted by atomic mass is 79.9. The average molecular weight is 422 g/mol. The molecule has 4 aromatic heterocycles. The van der Waals surface area contributed by atoms with Crippen LogP contribution in [-0.2, 0) is 0 Å². The van der Waals surface area contributed by atoms with E-state index in [1.54, 1.807) is 16.9 Å². The Morgan fingerprint density at radius 2 is 1.93 bits per heavy atom. The van der Waals surface area contributed by atoms with E-state index in [1.807, 2.05) is 37.3 Å². The van der Waals surface area contributed by atoms with Gasteiger partial charge in [-0.25, -0.2) is 14.6 Å². The molecular weight excluding hydrogens is 410 g/mol. The monoisotopic (exact) mass is 421 g/mol. The molecule has 5 rings (SSSR count). The topological polar surface area (TPSA) is 93.8 Å². The van der Waals surface area contributed by atoms with Gasteiger partial charge in [0.25, 0.3) is 5.56 Å². The number of aryl methyl sites for hydroxylation is 1. The number of benzene rings is 1. The van der Waals surface area contributed by atoms with E-state index < -0.39 is 0 Å². The number of fused-ring (bicyclic) bond motifs is 3. The third-order valence-electron chi connectivity index (χ3n) is 4.45. The summed E-state index contributed by atoms with van der Waals surface area (Å²) >= 11 is 3.45. The first-order chi connectivity index (χ1) is 13.1. The summed E-state index contributed by atoms with van der Waals surface area (Å²) in [7, 11) is 0. The van der Waals surface area contributed by atoms with Gasteiger partial charge in [-0.15, -0.1) is 0 Å². The highest BCUT2D eigenvalue weighted by Crippen LogP contribution is 2.29. The Bertz CT molecular complexity index is 1350. The second kappa shape index (κ2) is 5.85. The van der Waals surface area contributed by atoms with Crippen LogP contribution in [0.15, 0.2) is 58.3 Å². The van der Waals surface area contributed by atoms with Gasteiger partial charge < -0.3 is 0 Å². The summed E-state index contributed by atoms with van der Waals surface area (Å²) in [5.74, 6) is 0.356. The van der Waals surface area contributed by atoms with Gasteiger partial charge in [-0.1, -0.05) is 28.1 Å². The van der Waals surface area contributed by atoms with Crippen molar-refractivity contribution in [1.29, 1.82) is 0 Å². The number of nitrogens with one attached hydrogen (secondary N) is 1. The number of rotatable bonds is 2. The van der Waals surface area contributed by atoms with Crippen LogP contribution in [0.5, 0.6) is 0 Å². The molecule has 27 heavy (non-hydrogen) atoms. The van der Waals surface area contributed by atoms with Crippen molar-refractivity contribution in [3.05, 3.63) is 69.6 Å². The van der Waals surface area contributed by atoms with Crippen LogP contribution in [0.2, 0.25) is 0 Å². The molecule has 8 nitrogen and oxygen atoms in total. The molecule has 4 heterocycles. The Morgan fingerprint density at radius 3 is 2.67 bits per heavy atom. The quantitative estimate of drug-likeness (QED) is 0.472. The van der Waals surface area contributed by atoms with Gasteiger partial charge in [-0.2, -0.15) is 15.2 Å². The number of pyridine rings is 1. The molecule has 0 aliphatic rings. The van der Waals surface area contributed by atoms with Crippen LogP contribution in [0.25, 0.3) is 33.6 Å². The van der Waals surface area contributed by atoms with E-state index in [0.717, 1.165) is 21.3 Å². The normalized spacial score (nSPS) is 11.5. The van der Waals surface area contributed by atoms with Gasteiger partial charge in [-0.3, -0.25) is 9.36 Å². The van der Waals surface area contributed by atoms with Gasteiger partial charge in [0, 0.05) is 22.4 Å². The van der Waals surface area contributed by atoms with Crippen molar-refractivity contribution in [1.82, 2.24) is 34.3 Å². The van der Waals surface area contributed by atoms with Crippen LogP contribution >= 0.6 is 15.9 Å². The maximum atomic E-state index is 12.9. The van der Waals surface area contributed by atoms with E-state index in [9.17, 15) is 4.79 Å². The fourth-order valence-electron chi connectivity index (χ4n) is 3.21. The predicted molar refractivity (Wildman–Crippen MR) is 104 cm³/mol. The van der Waals surface area contributed by atoms with Gasteiger partial charge in [0.15, 0.2) is 5.65 Å². The average Bonchev–Trinajstić information content (AvgIpc) is 3.30. The first-order valence-electron chi connectivity index (χ1n) is 8.15. The molecule has 0 bridgehead atoms. The van der Waals surface area contributed by atoms with Gasteiger partial charge in [0.1, 0.15) is 6.33 Å². The molecule has 0 saturated carbocycles. The molecule has 0 unspecified atom stereocenters. The fourth-order valence-corrected chi connectivity index (χ4v) is 3.48. The van der Waals surface area contributed by atoms with Crippen molar-refractivity contribution in [2.24, 2.45) is 0 Å². The molecule has 0 amide bonds. The number of aromatic nitrogens is 7. The van der Waals surface area contributed by atoms with Gasteiger partial charge in [0.05, 0.1) is 16.6 Å². The van der Waals surface area contributed by atoms with Crippen molar-refractivity contribution in [3.8, 4) is 17.1 Å². The minimum absolute atomic E-state index is 0.239. The summed E-state index contributed by atoms with van der Waals surface area (Å²) in [6, 6.07) is 9.82. The third-order valence-corrected chi connectivity index (χ3v) is 4.98. The number of hydrogen-bond acceptors (Lipinski definition) is 5. The summed E-state index contributed by atoms with van der Waals surface area (Å²) < 4.78 is 4.12. The standard InChI is InChI=1S/C18H12BrN7O/c1-10-15(11-2-4-12(19)5-3-11)16-20-8-13-14(26(16)24-10)6-7-25(17(13)27)18-21-9-22-23-18/h2-9H,1H3,(H,21,22,23). The zero-order valence-corrected chi connectivity index (χ0v) is 15.7. The molecule has 0 spiro atoms. The highest BCUT2D eigenvalue weighted by molar-refractivity contribution is 9.10. The largest absolute Gasteiger partial charge is 0.268 e. The van der Waals surface area contributed by atoms with Gasteiger partial charge >= 0.3 is 0 Å². The molecule has 1 N–H and O–H groups in total. The fraction of sp³-hybridized carbons (Fsp3) is 0.0556. The molecule has 9 heteroatoms. The van der Waals surface area contributed by atoms with Crippen LogP contribution in [-0.4, -0.2) is 34.3 Å². The molecule has 0 saturated heterocycles. The lowest BCUT2D eigenvalue weighted by Gasteiger charge is -2.05. The van der Waals surface area contributed by atoms with Crippen molar-refractivity contribution >= 4 is 32.5 Å². The summed E-state index contributed by atoms with van der Waals surface area (Å²) in [5, 5.41) is 11.6. The number of H-pyrrole nitrogens is 1. The summed E-state index contributed by atoms with van der Waals surface area (Å²) in [4.78, 5) is 21.4. The SMILES string of the molecule is Cc1nn2c(ncc3c(=O)n(-c4ncn[nH]4)ccc32)c1-c1ccc(Br)cc1. The summed E-state index contributed by atoms with van der Waals surface area (Å²) in [6.45, 7) is 1.94. The number of hydrogen-bond donors (Lipinski definition) is 1. The molecule has 1 aromatic carbocycles. The van der Waals surface area contributed by atoms with Crippen molar-refractivity contribution < 1.29 is 0 Å². The number of aromatic amines is 1. The lowest BCUT2D eigenvalue weighted by Crippen LogP contribution is -2.19. The maximum Gasteiger partial charge on any atom is 0.268 e. The van der Waals surface area contributed by atoms with Crippen molar-refractivity contribution in [3.63, 3.8) is 0 Å². The molecule has 0 radical (unpaired) electrons. The maximum absolute atomic E-state index is 12.9. The Hall–Kier alpha value is -3.33. The van der Waals surface area contributed by atoms with E-state index in [1.165, 1.54) is 10.9 Å².